The van der Waals surface area contributed by atoms with E-state index in [1.54, 1.807) is 0 Å². The number of rotatable bonds is 5. The van der Waals surface area contributed by atoms with E-state index in [1.807, 2.05) is 4.90 Å². The van der Waals surface area contributed by atoms with Crippen LogP contribution in [0.15, 0.2) is 0 Å². The molecule has 5 nitrogen and oxygen atoms in total. The lowest BCUT2D eigenvalue weighted by Crippen LogP contribution is -2.44. The number of carbonyl (C=O) groups excluding carboxylic acids is 1. The van der Waals surface area contributed by atoms with Gasteiger partial charge in [-0.15, -0.1) is 0 Å². The molecule has 1 aliphatic heterocycles. The molecule has 1 aliphatic carbocycles. The summed E-state index contributed by atoms with van der Waals surface area (Å²) in [5.74, 6) is -0.160. The summed E-state index contributed by atoms with van der Waals surface area (Å²) < 4.78 is 5.86. The molecule has 0 aromatic heterocycles. The van der Waals surface area contributed by atoms with Crippen molar-refractivity contribution in [3.8, 4) is 0 Å². The highest BCUT2D eigenvalue weighted by Gasteiger charge is 2.33. The molecule has 1 N–H and O–H groups in total. The van der Waals surface area contributed by atoms with Gasteiger partial charge in [-0.1, -0.05) is 13.8 Å². The summed E-state index contributed by atoms with van der Waals surface area (Å²) >= 11 is 0. The van der Waals surface area contributed by atoms with Gasteiger partial charge in [-0.25, -0.2) is 0 Å². The van der Waals surface area contributed by atoms with Crippen LogP contribution in [0.5, 0.6) is 0 Å². The van der Waals surface area contributed by atoms with Crippen LogP contribution in [-0.4, -0.2) is 47.7 Å². The van der Waals surface area contributed by atoms with Crippen LogP contribution in [0.3, 0.4) is 0 Å². The van der Waals surface area contributed by atoms with Crippen molar-refractivity contribution in [3.05, 3.63) is 0 Å². The Labute approximate surface area is 133 Å². The molecule has 0 bridgehead atoms. The molecule has 22 heavy (non-hydrogen) atoms. The van der Waals surface area contributed by atoms with E-state index in [9.17, 15) is 9.59 Å². The van der Waals surface area contributed by atoms with Gasteiger partial charge in [-0.2, -0.15) is 0 Å². The molecular weight excluding hydrogens is 282 g/mol. The van der Waals surface area contributed by atoms with Gasteiger partial charge in [0.2, 0.25) is 5.91 Å². The van der Waals surface area contributed by atoms with Gasteiger partial charge in [0.25, 0.3) is 0 Å². The lowest BCUT2D eigenvalue weighted by atomic mass is 9.81. The van der Waals surface area contributed by atoms with Crippen molar-refractivity contribution >= 4 is 11.9 Å². The number of hydrogen-bond donors (Lipinski definition) is 1. The number of ether oxygens (including phenoxy) is 1. The molecule has 5 heteroatoms. The van der Waals surface area contributed by atoms with E-state index in [1.165, 1.54) is 0 Å². The van der Waals surface area contributed by atoms with Crippen molar-refractivity contribution in [2.24, 2.45) is 17.8 Å². The predicted octanol–water partition coefficient (Wildman–Crippen LogP) is 2.54. The highest BCUT2D eigenvalue weighted by Crippen LogP contribution is 2.31. The van der Waals surface area contributed by atoms with E-state index >= 15 is 0 Å². The first-order valence-electron chi connectivity index (χ1n) is 8.60. The number of likely N-dealkylation sites (tertiary alicyclic amines) is 1. The summed E-state index contributed by atoms with van der Waals surface area (Å²) in [6.45, 7) is 6.64. The molecule has 126 valence electrons. The van der Waals surface area contributed by atoms with E-state index in [-0.39, 0.29) is 23.8 Å². The minimum absolute atomic E-state index is 0.0312. The molecule has 1 saturated carbocycles. The van der Waals surface area contributed by atoms with E-state index in [2.05, 4.69) is 13.8 Å². The Hall–Kier alpha value is -1.10. The Balaban J connectivity index is 1.72. The first-order valence-corrected chi connectivity index (χ1v) is 8.60. The maximum absolute atomic E-state index is 12.5. The SMILES string of the molecule is CC(C)COC1CCN(C(=O)C2CCC(C(=O)O)CC2)CC1. The number of carboxylic acids is 1. The zero-order valence-electron chi connectivity index (χ0n) is 13.8. The van der Waals surface area contributed by atoms with Crippen molar-refractivity contribution in [1.29, 1.82) is 0 Å². The molecule has 2 aliphatic rings. The van der Waals surface area contributed by atoms with Gasteiger partial charge in [0.15, 0.2) is 0 Å². The van der Waals surface area contributed by atoms with E-state index in [4.69, 9.17) is 9.84 Å². The summed E-state index contributed by atoms with van der Waals surface area (Å²) in [6.07, 6.45) is 4.85. The summed E-state index contributed by atoms with van der Waals surface area (Å²) in [6, 6.07) is 0. The second-order valence-electron chi connectivity index (χ2n) is 7.14. The van der Waals surface area contributed by atoms with Crippen molar-refractivity contribution in [1.82, 2.24) is 4.90 Å². The Bertz CT molecular complexity index is 380. The number of nitrogens with zero attached hydrogens (tertiary/aromatic N) is 1. The maximum atomic E-state index is 12.5. The van der Waals surface area contributed by atoms with Crippen molar-refractivity contribution in [2.45, 2.75) is 58.5 Å². The summed E-state index contributed by atoms with van der Waals surface area (Å²) in [7, 11) is 0. The van der Waals surface area contributed by atoms with Gasteiger partial charge in [0.1, 0.15) is 0 Å². The van der Waals surface area contributed by atoms with Gasteiger partial charge in [-0.3, -0.25) is 9.59 Å². The highest BCUT2D eigenvalue weighted by molar-refractivity contribution is 5.79. The molecule has 0 aromatic carbocycles. The van der Waals surface area contributed by atoms with Crippen LogP contribution >= 0.6 is 0 Å². The van der Waals surface area contributed by atoms with Crippen LogP contribution in [-0.2, 0) is 14.3 Å². The fraction of sp³-hybridized carbons (Fsp3) is 0.882. The number of piperidine rings is 1. The minimum atomic E-state index is -0.714. The molecule has 0 atom stereocenters. The Morgan fingerprint density at radius 3 is 2.09 bits per heavy atom. The second kappa shape index (κ2) is 7.95. The van der Waals surface area contributed by atoms with E-state index in [0.717, 1.165) is 45.4 Å². The summed E-state index contributed by atoms with van der Waals surface area (Å²) in [4.78, 5) is 25.5. The highest BCUT2D eigenvalue weighted by atomic mass is 16.5. The molecule has 0 radical (unpaired) electrons. The average molecular weight is 311 g/mol. The largest absolute Gasteiger partial charge is 0.481 e. The fourth-order valence-electron chi connectivity index (χ4n) is 3.42. The zero-order valence-corrected chi connectivity index (χ0v) is 13.8. The molecule has 0 unspecified atom stereocenters. The molecule has 1 amide bonds. The number of hydrogen-bond acceptors (Lipinski definition) is 3. The van der Waals surface area contributed by atoms with Gasteiger partial charge in [0.05, 0.1) is 12.0 Å². The number of carbonyl (C=O) groups is 2. The number of amides is 1. The molecular formula is C17H29NO4. The monoisotopic (exact) mass is 311 g/mol. The first kappa shape index (κ1) is 17.3. The van der Waals surface area contributed by atoms with E-state index in [0.29, 0.717) is 18.8 Å². The minimum Gasteiger partial charge on any atom is -0.481 e. The molecule has 1 saturated heterocycles. The van der Waals surface area contributed by atoms with Crippen molar-refractivity contribution < 1.29 is 19.4 Å². The lowest BCUT2D eigenvalue weighted by Gasteiger charge is -2.36. The summed E-state index contributed by atoms with van der Waals surface area (Å²) in [5, 5.41) is 9.02. The zero-order chi connectivity index (χ0) is 16.1. The quantitative estimate of drug-likeness (QED) is 0.847. The van der Waals surface area contributed by atoms with Crippen molar-refractivity contribution in [3.63, 3.8) is 0 Å². The average Bonchev–Trinajstić information content (AvgIpc) is 2.53. The van der Waals surface area contributed by atoms with Crippen LogP contribution in [0.25, 0.3) is 0 Å². The predicted molar refractivity (Wildman–Crippen MR) is 83.5 cm³/mol. The van der Waals surface area contributed by atoms with Crippen LogP contribution < -0.4 is 0 Å². The van der Waals surface area contributed by atoms with Crippen LogP contribution in [0.1, 0.15) is 52.4 Å². The third-order valence-electron chi connectivity index (χ3n) is 4.84. The fourth-order valence-corrected chi connectivity index (χ4v) is 3.42. The Kier molecular flexibility index (Phi) is 6.24. The van der Waals surface area contributed by atoms with Crippen LogP contribution in [0, 0.1) is 17.8 Å². The lowest BCUT2D eigenvalue weighted by molar-refractivity contribution is -0.146. The molecule has 1 heterocycles. The van der Waals surface area contributed by atoms with Crippen LogP contribution in [0.4, 0.5) is 0 Å². The first-order chi connectivity index (χ1) is 10.5. The molecule has 0 aromatic rings. The van der Waals surface area contributed by atoms with Crippen LogP contribution in [0.2, 0.25) is 0 Å². The van der Waals surface area contributed by atoms with Gasteiger partial charge >= 0.3 is 5.97 Å². The number of aliphatic carboxylic acids is 1. The molecule has 2 rings (SSSR count). The van der Waals surface area contributed by atoms with Gasteiger partial charge in [0, 0.05) is 25.6 Å². The maximum Gasteiger partial charge on any atom is 0.306 e. The van der Waals surface area contributed by atoms with Crippen molar-refractivity contribution in [2.75, 3.05) is 19.7 Å². The smallest absolute Gasteiger partial charge is 0.306 e. The third-order valence-corrected chi connectivity index (χ3v) is 4.84. The van der Waals surface area contributed by atoms with Gasteiger partial charge < -0.3 is 14.7 Å². The van der Waals surface area contributed by atoms with Gasteiger partial charge in [-0.05, 0) is 44.4 Å². The standard InChI is InChI=1S/C17H29NO4/c1-12(2)11-22-15-7-9-18(10-8-15)16(19)13-3-5-14(6-4-13)17(20)21/h12-15H,3-11H2,1-2H3,(H,20,21). The Morgan fingerprint density at radius 1 is 1.05 bits per heavy atom. The number of carboxylic acid groups (broad SMARTS) is 1. The molecule has 2 fully saturated rings. The summed E-state index contributed by atoms with van der Waals surface area (Å²) in [5.41, 5.74) is 0. The Morgan fingerprint density at radius 2 is 1.59 bits per heavy atom. The molecule has 0 spiro atoms. The normalized spacial score (nSPS) is 27.1. The third kappa shape index (κ3) is 4.70. The van der Waals surface area contributed by atoms with E-state index < -0.39 is 5.97 Å². The topological polar surface area (TPSA) is 66.8 Å². The second-order valence-corrected chi connectivity index (χ2v) is 7.14.